The van der Waals surface area contributed by atoms with E-state index in [9.17, 15) is 37.4 Å². The number of aliphatic carboxylic acids is 2. The van der Waals surface area contributed by atoms with Gasteiger partial charge >= 0.3 is 11.9 Å². The number of carbonyl (C=O) groups is 2. The van der Waals surface area contributed by atoms with Crippen molar-refractivity contribution in [1.82, 2.24) is 9.80 Å². The van der Waals surface area contributed by atoms with Crippen LogP contribution in [0.4, 0.5) is 17.6 Å². The summed E-state index contributed by atoms with van der Waals surface area (Å²) in [6, 6.07) is 7.86. The first-order valence-electron chi connectivity index (χ1n) is 16.2. The largest absolute Gasteiger partial charge is 0.481 e. The Hall–Kier alpha value is -3.06. The molecule has 8 nitrogen and oxygen atoms in total. The average molecular weight is 647 g/mol. The molecule has 6 aliphatic rings. The Bertz CT molecular complexity index is 1390. The van der Waals surface area contributed by atoms with E-state index in [4.69, 9.17) is 9.47 Å². The summed E-state index contributed by atoms with van der Waals surface area (Å²) in [5.41, 5.74) is 0.642. The highest BCUT2D eigenvalue weighted by Crippen LogP contribution is 2.47. The molecule has 4 aliphatic heterocycles. The molecule has 2 aliphatic carbocycles. The number of morpholine rings is 2. The molecule has 46 heavy (non-hydrogen) atoms. The molecule has 0 radical (unpaired) electrons. The van der Waals surface area contributed by atoms with Crippen LogP contribution in [0.3, 0.4) is 0 Å². The smallest absolute Gasteiger partial charge is 0.307 e. The van der Waals surface area contributed by atoms with Gasteiger partial charge in [0.15, 0.2) is 0 Å². The van der Waals surface area contributed by atoms with Crippen molar-refractivity contribution in [1.29, 1.82) is 0 Å². The molecule has 2 N–H and O–H groups in total. The van der Waals surface area contributed by atoms with Gasteiger partial charge in [-0.05, 0) is 61.8 Å². The molecule has 248 valence electrons. The standard InChI is InChI=1S/2C17H19F2NO3/c2*18-9-1-2-13(16(19)3-9)14-5-10(6-15(14)17(21)22)20-7-12-4-11(20)8-23-12/h2*1-3,10-12,14-15H,4-8H2,(H,21,22)/t10-,11+,12+,14+,15-;10-,11-,12-,14-,15+/m10/s1. The number of carboxylic acids is 2. The molecule has 6 fully saturated rings. The fourth-order valence-corrected chi connectivity index (χ4v) is 9.15. The van der Waals surface area contributed by atoms with Crippen LogP contribution in [0.5, 0.6) is 0 Å². The third-order valence-corrected chi connectivity index (χ3v) is 11.3. The molecular weight excluding hydrogens is 608 g/mol. The lowest BCUT2D eigenvalue weighted by Crippen LogP contribution is -2.43. The summed E-state index contributed by atoms with van der Waals surface area (Å²) in [6.07, 6.45) is 4.74. The van der Waals surface area contributed by atoms with Crippen molar-refractivity contribution in [2.75, 3.05) is 26.3 Å². The van der Waals surface area contributed by atoms with Gasteiger partial charge in [-0.1, -0.05) is 12.1 Å². The predicted octanol–water partition coefficient (Wildman–Crippen LogP) is 4.77. The summed E-state index contributed by atoms with van der Waals surface area (Å²) < 4.78 is 65.7. The van der Waals surface area contributed by atoms with E-state index in [0.29, 0.717) is 62.1 Å². The Kier molecular flexibility index (Phi) is 8.58. The predicted molar refractivity (Wildman–Crippen MR) is 156 cm³/mol. The first kappa shape index (κ1) is 31.5. The van der Waals surface area contributed by atoms with E-state index < -0.39 is 58.9 Å². The van der Waals surface area contributed by atoms with E-state index in [2.05, 4.69) is 9.80 Å². The maximum absolute atomic E-state index is 14.1. The van der Waals surface area contributed by atoms with Crippen molar-refractivity contribution < 1.29 is 46.8 Å². The molecule has 0 amide bonds. The Balaban J connectivity index is 0.000000147. The van der Waals surface area contributed by atoms with Crippen molar-refractivity contribution in [2.24, 2.45) is 11.8 Å². The molecule has 0 unspecified atom stereocenters. The van der Waals surface area contributed by atoms with Crippen LogP contribution >= 0.6 is 0 Å². The number of hydrogen-bond donors (Lipinski definition) is 2. The van der Waals surface area contributed by atoms with Gasteiger partial charge < -0.3 is 19.7 Å². The lowest BCUT2D eigenvalue weighted by atomic mass is 9.88. The molecule has 8 rings (SSSR count). The van der Waals surface area contributed by atoms with Gasteiger partial charge in [0.05, 0.1) is 37.3 Å². The van der Waals surface area contributed by atoms with E-state index >= 15 is 0 Å². The van der Waals surface area contributed by atoms with Crippen molar-refractivity contribution in [3.63, 3.8) is 0 Å². The monoisotopic (exact) mass is 646 g/mol. The fraction of sp³-hybridized carbons (Fsp3) is 0.588. The van der Waals surface area contributed by atoms with Gasteiger partial charge in [-0.2, -0.15) is 0 Å². The van der Waals surface area contributed by atoms with Crippen molar-refractivity contribution >= 4 is 11.9 Å². The van der Waals surface area contributed by atoms with E-state index in [1.54, 1.807) is 0 Å². The highest BCUT2D eigenvalue weighted by Gasteiger charge is 2.50. The van der Waals surface area contributed by atoms with Crippen LogP contribution < -0.4 is 0 Å². The van der Waals surface area contributed by atoms with Gasteiger partial charge in [0, 0.05) is 61.2 Å². The SMILES string of the molecule is O=C(O)[C@@H]1C[C@@H](N2C[C@@H]3C[C@H]2CO3)C[C@H]1c1ccc(F)cc1F.O=C(O)[C@@H]1C[C@H](N2C[C@@H]3C[C@H]2CO3)C[C@H]1c1ccc(F)cc1F. The minimum Gasteiger partial charge on any atom is -0.481 e. The summed E-state index contributed by atoms with van der Waals surface area (Å²) in [5, 5.41) is 19.1. The molecule has 2 saturated carbocycles. The third-order valence-electron chi connectivity index (χ3n) is 11.3. The van der Waals surface area contributed by atoms with Crippen LogP contribution in [-0.2, 0) is 19.1 Å². The number of halogens is 4. The van der Waals surface area contributed by atoms with Crippen LogP contribution in [0.2, 0.25) is 0 Å². The molecular formula is C34H38F4N2O6. The summed E-state index contributed by atoms with van der Waals surface area (Å²) >= 11 is 0. The van der Waals surface area contributed by atoms with E-state index in [-0.39, 0.29) is 24.3 Å². The van der Waals surface area contributed by atoms with Gasteiger partial charge in [0.25, 0.3) is 0 Å². The zero-order valence-electron chi connectivity index (χ0n) is 25.2. The highest BCUT2D eigenvalue weighted by molar-refractivity contribution is 5.72. The number of ether oxygens (including phenoxy) is 2. The number of benzene rings is 2. The minimum atomic E-state index is -0.901. The molecule has 0 aromatic heterocycles. The normalized spacial score (nSPS) is 36.7. The van der Waals surface area contributed by atoms with Gasteiger partial charge in [-0.25, -0.2) is 17.6 Å². The summed E-state index contributed by atoms with van der Waals surface area (Å²) in [6.45, 7) is 3.07. The third kappa shape index (κ3) is 5.93. The fourth-order valence-electron chi connectivity index (χ4n) is 9.15. The molecule has 2 aromatic carbocycles. The maximum atomic E-state index is 14.1. The Labute approximate surface area is 264 Å². The number of fused-ring (bicyclic) bond motifs is 4. The molecule has 10 atom stereocenters. The molecule has 4 bridgehead atoms. The van der Waals surface area contributed by atoms with Crippen LogP contribution in [-0.4, -0.2) is 94.6 Å². The topological polar surface area (TPSA) is 99.5 Å². The first-order valence-corrected chi connectivity index (χ1v) is 16.2. The number of carboxylic acid groups (broad SMARTS) is 2. The zero-order valence-corrected chi connectivity index (χ0v) is 25.2. The van der Waals surface area contributed by atoms with Gasteiger partial charge in [0.2, 0.25) is 0 Å². The number of likely N-dealkylation sites (tertiary alicyclic amines) is 2. The molecule has 0 spiro atoms. The molecule has 4 heterocycles. The van der Waals surface area contributed by atoms with E-state index in [1.165, 1.54) is 24.3 Å². The summed E-state index contributed by atoms with van der Waals surface area (Å²) in [5.74, 6) is -6.43. The second-order valence-electron chi connectivity index (χ2n) is 13.8. The Morgan fingerprint density at radius 1 is 0.609 bits per heavy atom. The van der Waals surface area contributed by atoms with E-state index in [1.807, 2.05) is 0 Å². The van der Waals surface area contributed by atoms with Crippen LogP contribution in [0.15, 0.2) is 36.4 Å². The van der Waals surface area contributed by atoms with Crippen LogP contribution in [0, 0.1) is 35.1 Å². The number of nitrogens with zero attached hydrogens (tertiary/aromatic N) is 2. The minimum absolute atomic E-state index is 0.129. The molecule has 2 aromatic rings. The lowest BCUT2D eigenvalue weighted by Gasteiger charge is -2.32. The average Bonchev–Trinajstić information content (AvgIpc) is 3.86. The summed E-state index contributed by atoms with van der Waals surface area (Å²) in [7, 11) is 0. The molecule has 4 saturated heterocycles. The number of rotatable bonds is 6. The van der Waals surface area contributed by atoms with Crippen molar-refractivity contribution in [3.05, 3.63) is 70.8 Å². The molecule has 12 heteroatoms. The van der Waals surface area contributed by atoms with Crippen molar-refractivity contribution in [2.45, 2.75) is 86.7 Å². The zero-order chi connectivity index (χ0) is 32.3. The first-order chi connectivity index (χ1) is 22.0. The highest BCUT2D eigenvalue weighted by atomic mass is 19.1. The van der Waals surface area contributed by atoms with Crippen molar-refractivity contribution in [3.8, 4) is 0 Å². The van der Waals surface area contributed by atoms with E-state index in [0.717, 1.165) is 38.1 Å². The second-order valence-corrected chi connectivity index (χ2v) is 13.8. The summed E-state index contributed by atoms with van der Waals surface area (Å²) in [4.78, 5) is 28.0. The lowest BCUT2D eigenvalue weighted by molar-refractivity contribution is -0.143. The second kappa shape index (κ2) is 12.5. The number of hydrogen-bond acceptors (Lipinski definition) is 6. The van der Waals surface area contributed by atoms with Gasteiger partial charge in [0.1, 0.15) is 23.3 Å². The maximum Gasteiger partial charge on any atom is 0.307 e. The van der Waals surface area contributed by atoms with Crippen LogP contribution in [0.25, 0.3) is 0 Å². The Morgan fingerprint density at radius 3 is 1.33 bits per heavy atom. The quantitative estimate of drug-likeness (QED) is 0.434. The van der Waals surface area contributed by atoms with Crippen LogP contribution in [0.1, 0.15) is 61.5 Å². The van der Waals surface area contributed by atoms with Gasteiger partial charge in [-0.3, -0.25) is 19.4 Å². The van der Waals surface area contributed by atoms with Gasteiger partial charge in [-0.15, -0.1) is 0 Å². The Morgan fingerprint density at radius 2 is 1.02 bits per heavy atom.